The molecule has 5 rings (SSSR count). The highest BCUT2D eigenvalue weighted by Crippen LogP contribution is 2.40. The van der Waals surface area contributed by atoms with Gasteiger partial charge in [0.05, 0.1) is 19.1 Å². The molecular formula is C21H27N5O3. The van der Waals surface area contributed by atoms with Gasteiger partial charge in [0.25, 0.3) is 0 Å². The summed E-state index contributed by atoms with van der Waals surface area (Å²) in [6.45, 7) is 3.70. The van der Waals surface area contributed by atoms with Gasteiger partial charge in [-0.2, -0.15) is 4.98 Å². The van der Waals surface area contributed by atoms with Gasteiger partial charge in [0, 0.05) is 50.4 Å². The Bertz CT molecular complexity index is 830. The summed E-state index contributed by atoms with van der Waals surface area (Å²) in [4.78, 5) is 26.0. The minimum absolute atomic E-state index is 0.00755. The molecule has 2 aromatic heterocycles. The Morgan fingerprint density at radius 2 is 1.86 bits per heavy atom. The largest absolute Gasteiger partial charge is 0.378 e. The van der Waals surface area contributed by atoms with Crippen LogP contribution in [0.25, 0.3) is 0 Å². The number of hydrogen-bond acceptors (Lipinski definition) is 6. The van der Waals surface area contributed by atoms with Crippen LogP contribution in [0, 0.1) is 0 Å². The second-order valence-corrected chi connectivity index (χ2v) is 8.26. The summed E-state index contributed by atoms with van der Waals surface area (Å²) in [6, 6.07) is 4.08. The van der Waals surface area contributed by atoms with Crippen molar-refractivity contribution < 1.29 is 14.1 Å². The predicted octanol–water partition coefficient (Wildman–Crippen LogP) is 2.76. The first-order valence-corrected chi connectivity index (χ1v) is 10.6. The van der Waals surface area contributed by atoms with Crippen LogP contribution in [-0.2, 0) is 4.74 Å². The fourth-order valence-electron chi connectivity index (χ4n) is 4.85. The predicted molar refractivity (Wildman–Crippen MR) is 105 cm³/mol. The smallest absolute Gasteiger partial charge is 0.320 e. The van der Waals surface area contributed by atoms with Crippen LogP contribution in [0.5, 0.6) is 0 Å². The fraction of sp³-hybridized carbons (Fsp3) is 0.619. The molecular weight excluding hydrogens is 370 g/mol. The molecule has 0 bridgehead atoms. The maximum Gasteiger partial charge on any atom is 0.320 e. The molecule has 1 saturated carbocycles. The number of rotatable bonds is 3. The van der Waals surface area contributed by atoms with Crippen molar-refractivity contribution in [2.45, 2.75) is 43.4 Å². The van der Waals surface area contributed by atoms with Gasteiger partial charge in [0.2, 0.25) is 5.89 Å². The molecule has 3 fully saturated rings. The number of likely N-dealkylation sites (tertiary alicyclic amines) is 1. The zero-order valence-corrected chi connectivity index (χ0v) is 16.6. The SMILES string of the molecule is O=C(N1CCOCC1)N1CC(c2cccnc2)C(c2nc(C3CCCC3)no2)C1. The van der Waals surface area contributed by atoms with Crippen molar-refractivity contribution in [3.8, 4) is 0 Å². The van der Waals surface area contributed by atoms with Gasteiger partial charge < -0.3 is 19.1 Å². The normalized spacial score (nSPS) is 25.7. The lowest BCUT2D eigenvalue weighted by Gasteiger charge is -2.31. The molecule has 3 aliphatic rings. The monoisotopic (exact) mass is 397 g/mol. The van der Waals surface area contributed by atoms with E-state index < -0.39 is 0 Å². The van der Waals surface area contributed by atoms with Crippen LogP contribution >= 0.6 is 0 Å². The average Bonchev–Trinajstić information content (AvgIpc) is 3.54. The van der Waals surface area contributed by atoms with E-state index in [0.29, 0.717) is 51.2 Å². The van der Waals surface area contributed by atoms with E-state index in [9.17, 15) is 4.79 Å². The van der Waals surface area contributed by atoms with Crippen molar-refractivity contribution in [1.29, 1.82) is 0 Å². The molecule has 8 nitrogen and oxygen atoms in total. The number of morpholine rings is 1. The van der Waals surface area contributed by atoms with Gasteiger partial charge in [-0.1, -0.05) is 24.1 Å². The first kappa shape index (κ1) is 18.5. The molecule has 1 aliphatic carbocycles. The Morgan fingerprint density at radius 1 is 1.07 bits per heavy atom. The number of carbonyl (C=O) groups is 1. The number of urea groups is 1. The summed E-state index contributed by atoms with van der Waals surface area (Å²) in [5, 5.41) is 4.30. The van der Waals surface area contributed by atoms with E-state index in [4.69, 9.17) is 14.2 Å². The molecule has 2 saturated heterocycles. The van der Waals surface area contributed by atoms with Crippen LogP contribution in [0.2, 0.25) is 0 Å². The Hall–Kier alpha value is -2.48. The molecule has 8 heteroatoms. The second kappa shape index (κ2) is 8.10. The third kappa shape index (κ3) is 3.73. The number of aromatic nitrogens is 3. The van der Waals surface area contributed by atoms with Gasteiger partial charge in [-0.15, -0.1) is 0 Å². The van der Waals surface area contributed by atoms with E-state index in [1.54, 1.807) is 6.20 Å². The number of pyridine rings is 1. The number of amides is 2. The van der Waals surface area contributed by atoms with E-state index in [1.165, 1.54) is 12.8 Å². The molecule has 0 spiro atoms. The van der Waals surface area contributed by atoms with Crippen LogP contribution in [-0.4, -0.2) is 70.3 Å². The molecule has 2 amide bonds. The molecule has 0 radical (unpaired) electrons. The quantitative estimate of drug-likeness (QED) is 0.792. The van der Waals surface area contributed by atoms with Crippen molar-refractivity contribution in [2.24, 2.45) is 0 Å². The highest BCUT2D eigenvalue weighted by atomic mass is 16.5. The van der Waals surface area contributed by atoms with Gasteiger partial charge in [-0.05, 0) is 24.5 Å². The molecule has 4 heterocycles. The Morgan fingerprint density at radius 3 is 2.62 bits per heavy atom. The zero-order valence-electron chi connectivity index (χ0n) is 16.6. The van der Waals surface area contributed by atoms with Crippen molar-refractivity contribution in [3.63, 3.8) is 0 Å². The maximum absolute atomic E-state index is 13.1. The van der Waals surface area contributed by atoms with Crippen LogP contribution < -0.4 is 0 Å². The second-order valence-electron chi connectivity index (χ2n) is 8.26. The van der Waals surface area contributed by atoms with Crippen molar-refractivity contribution in [1.82, 2.24) is 24.9 Å². The lowest BCUT2D eigenvalue weighted by molar-refractivity contribution is 0.0449. The zero-order chi connectivity index (χ0) is 19.6. The Balaban J connectivity index is 1.39. The van der Waals surface area contributed by atoms with Crippen LogP contribution in [0.3, 0.4) is 0 Å². The molecule has 2 aliphatic heterocycles. The van der Waals surface area contributed by atoms with E-state index in [2.05, 4.69) is 16.2 Å². The minimum Gasteiger partial charge on any atom is -0.378 e. The molecule has 0 N–H and O–H groups in total. The molecule has 2 unspecified atom stereocenters. The minimum atomic E-state index is -0.00755. The topological polar surface area (TPSA) is 84.6 Å². The van der Waals surface area contributed by atoms with Gasteiger partial charge >= 0.3 is 6.03 Å². The third-order valence-corrected chi connectivity index (χ3v) is 6.48. The van der Waals surface area contributed by atoms with Crippen molar-refractivity contribution in [2.75, 3.05) is 39.4 Å². The van der Waals surface area contributed by atoms with Crippen LogP contribution in [0.1, 0.15) is 60.7 Å². The summed E-state index contributed by atoms with van der Waals surface area (Å²) in [5.41, 5.74) is 1.11. The van der Waals surface area contributed by atoms with E-state index in [1.807, 2.05) is 22.1 Å². The van der Waals surface area contributed by atoms with E-state index >= 15 is 0 Å². The van der Waals surface area contributed by atoms with Crippen LogP contribution in [0.4, 0.5) is 4.79 Å². The first-order valence-electron chi connectivity index (χ1n) is 10.6. The highest BCUT2D eigenvalue weighted by molar-refractivity contribution is 5.75. The summed E-state index contributed by atoms with van der Waals surface area (Å²) < 4.78 is 11.1. The van der Waals surface area contributed by atoms with E-state index in [0.717, 1.165) is 24.2 Å². The van der Waals surface area contributed by atoms with Gasteiger partial charge in [0.15, 0.2) is 5.82 Å². The van der Waals surface area contributed by atoms with Crippen LogP contribution in [0.15, 0.2) is 29.0 Å². The number of carbonyl (C=O) groups excluding carboxylic acids is 1. The average molecular weight is 397 g/mol. The van der Waals surface area contributed by atoms with Gasteiger partial charge in [0.1, 0.15) is 0 Å². The molecule has 154 valence electrons. The third-order valence-electron chi connectivity index (χ3n) is 6.48. The summed E-state index contributed by atoms with van der Waals surface area (Å²) in [5.74, 6) is 1.99. The fourth-order valence-corrected chi connectivity index (χ4v) is 4.85. The molecule has 2 atom stereocenters. The van der Waals surface area contributed by atoms with Crippen molar-refractivity contribution >= 4 is 6.03 Å². The van der Waals surface area contributed by atoms with Gasteiger partial charge in [-0.3, -0.25) is 4.98 Å². The van der Waals surface area contributed by atoms with Gasteiger partial charge in [-0.25, -0.2) is 4.79 Å². The molecule has 29 heavy (non-hydrogen) atoms. The first-order chi connectivity index (χ1) is 14.3. The number of ether oxygens (including phenoxy) is 1. The van der Waals surface area contributed by atoms with E-state index in [-0.39, 0.29) is 17.9 Å². The summed E-state index contributed by atoms with van der Waals surface area (Å²) >= 11 is 0. The summed E-state index contributed by atoms with van der Waals surface area (Å²) in [7, 11) is 0. The summed E-state index contributed by atoms with van der Waals surface area (Å²) in [6.07, 6.45) is 8.40. The standard InChI is InChI=1S/C21H27N5O3/c27-21(25-8-10-28-11-9-25)26-13-17(16-6-3-7-22-12-16)18(14-26)20-23-19(24-29-20)15-4-1-2-5-15/h3,6-7,12,15,17-18H,1-2,4-5,8-11,13-14H2. The highest BCUT2D eigenvalue weighted by Gasteiger charge is 2.42. The lowest BCUT2D eigenvalue weighted by Crippen LogP contribution is -2.47. The lowest BCUT2D eigenvalue weighted by atomic mass is 9.90. The number of nitrogens with zero attached hydrogens (tertiary/aromatic N) is 5. The van der Waals surface area contributed by atoms with Crippen molar-refractivity contribution in [3.05, 3.63) is 41.8 Å². The maximum atomic E-state index is 13.1. The molecule has 0 aromatic carbocycles. The molecule has 2 aromatic rings. The Kier molecular flexibility index (Phi) is 5.18. The number of hydrogen-bond donors (Lipinski definition) is 0. The Labute approximate surface area is 170 Å².